The van der Waals surface area contributed by atoms with Crippen LogP contribution in [0, 0.1) is 5.92 Å². The summed E-state index contributed by atoms with van der Waals surface area (Å²) in [6.45, 7) is 7.68. The molecule has 1 amide bonds. The van der Waals surface area contributed by atoms with Gasteiger partial charge in [0.2, 0.25) is 0 Å². The molecule has 0 spiro atoms. The minimum absolute atomic E-state index is 0.0194. The van der Waals surface area contributed by atoms with Gasteiger partial charge in [-0.1, -0.05) is 30.3 Å². The van der Waals surface area contributed by atoms with E-state index < -0.39 is 5.60 Å². The molecule has 0 radical (unpaired) electrons. The highest BCUT2D eigenvalue weighted by Crippen LogP contribution is 2.21. The molecule has 0 unspecified atom stereocenters. The van der Waals surface area contributed by atoms with Gasteiger partial charge in [-0.05, 0) is 56.7 Å². The van der Waals surface area contributed by atoms with Crippen LogP contribution in [0.25, 0.3) is 11.1 Å². The van der Waals surface area contributed by atoms with Gasteiger partial charge in [0.1, 0.15) is 5.60 Å². The van der Waals surface area contributed by atoms with E-state index >= 15 is 0 Å². The molecule has 5 heteroatoms. The number of likely N-dealkylation sites (tertiary alicyclic amines) is 1. The SMILES string of the molecule is CC(C)(C)OC(=O)N1CCC(Cn2ccc(-c3ccccc3)cc2=O)CC1. The minimum Gasteiger partial charge on any atom is -0.444 e. The van der Waals surface area contributed by atoms with Crippen molar-refractivity contribution in [1.29, 1.82) is 0 Å². The van der Waals surface area contributed by atoms with Crippen LogP contribution < -0.4 is 5.56 Å². The van der Waals surface area contributed by atoms with Crippen LogP contribution in [0.4, 0.5) is 4.79 Å². The highest BCUT2D eigenvalue weighted by atomic mass is 16.6. The Labute approximate surface area is 160 Å². The van der Waals surface area contributed by atoms with Crippen LogP contribution in [0.5, 0.6) is 0 Å². The molecule has 1 aromatic heterocycles. The van der Waals surface area contributed by atoms with Crippen molar-refractivity contribution >= 4 is 6.09 Å². The third kappa shape index (κ3) is 5.22. The molecule has 0 atom stereocenters. The number of aromatic nitrogens is 1. The Morgan fingerprint density at radius 2 is 1.74 bits per heavy atom. The number of hydrogen-bond acceptors (Lipinski definition) is 3. The molecule has 3 rings (SSSR count). The lowest BCUT2D eigenvalue weighted by atomic mass is 9.97. The second kappa shape index (κ2) is 7.99. The van der Waals surface area contributed by atoms with Crippen LogP contribution >= 0.6 is 0 Å². The summed E-state index contributed by atoms with van der Waals surface area (Å²) in [7, 11) is 0. The Bertz CT molecular complexity index is 829. The first-order valence-corrected chi connectivity index (χ1v) is 9.56. The van der Waals surface area contributed by atoms with Crippen molar-refractivity contribution in [1.82, 2.24) is 9.47 Å². The smallest absolute Gasteiger partial charge is 0.410 e. The van der Waals surface area contributed by atoms with Crippen molar-refractivity contribution in [2.45, 2.75) is 45.8 Å². The lowest BCUT2D eigenvalue weighted by Gasteiger charge is -2.33. The van der Waals surface area contributed by atoms with Crippen molar-refractivity contribution in [3.05, 3.63) is 59.0 Å². The maximum atomic E-state index is 12.5. The molecule has 1 saturated heterocycles. The van der Waals surface area contributed by atoms with E-state index in [1.165, 1.54) is 0 Å². The van der Waals surface area contributed by atoms with Crippen LogP contribution in [0.3, 0.4) is 0 Å². The number of ether oxygens (including phenoxy) is 1. The number of rotatable bonds is 3. The summed E-state index contributed by atoms with van der Waals surface area (Å²) < 4.78 is 7.21. The zero-order valence-electron chi connectivity index (χ0n) is 16.4. The summed E-state index contributed by atoms with van der Waals surface area (Å²) in [4.78, 5) is 26.4. The third-order valence-electron chi connectivity index (χ3n) is 4.82. The van der Waals surface area contributed by atoms with Gasteiger partial charge in [-0.25, -0.2) is 4.79 Å². The van der Waals surface area contributed by atoms with Gasteiger partial charge in [-0.15, -0.1) is 0 Å². The molecule has 0 N–H and O–H groups in total. The number of hydrogen-bond donors (Lipinski definition) is 0. The van der Waals surface area contributed by atoms with E-state index in [4.69, 9.17) is 4.74 Å². The van der Waals surface area contributed by atoms with E-state index in [-0.39, 0.29) is 11.7 Å². The molecule has 5 nitrogen and oxygen atoms in total. The van der Waals surface area contributed by atoms with Crippen LogP contribution in [0.1, 0.15) is 33.6 Å². The first-order valence-electron chi connectivity index (χ1n) is 9.56. The Kier molecular flexibility index (Phi) is 5.68. The monoisotopic (exact) mass is 368 g/mol. The molecule has 2 heterocycles. The van der Waals surface area contributed by atoms with Gasteiger partial charge in [0.25, 0.3) is 5.56 Å². The second-order valence-corrected chi connectivity index (χ2v) is 8.18. The summed E-state index contributed by atoms with van der Waals surface area (Å²) in [5, 5.41) is 0. The second-order valence-electron chi connectivity index (χ2n) is 8.18. The van der Waals surface area contributed by atoms with Crippen molar-refractivity contribution in [2.75, 3.05) is 13.1 Å². The molecule has 144 valence electrons. The first-order chi connectivity index (χ1) is 12.8. The molecular formula is C22H28N2O3. The molecule has 1 aliphatic rings. The quantitative estimate of drug-likeness (QED) is 0.817. The molecule has 1 fully saturated rings. The summed E-state index contributed by atoms with van der Waals surface area (Å²) in [6.07, 6.45) is 3.40. The van der Waals surface area contributed by atoms with Gasteiger partial charge in [0.15, 0.2) is 0 Å². The van der Waals surface area contributed by atoms with Crippen molar-refractivity contribution in [3.8, 4) is 11.1 Å². The lowest BCUT2D eigenvalue weighted by molar-refractivity contribution is 0.0178. The normalized spacial score (nSPS) is 15.6. The fourth-order valence-electron chi connectivity index (χ4n) is 3.37. The summed E-state index contributed by atoms with van der Waals surface area (Å²) >= 11 is 0. The zero-order chi connectivity index (χ0) is 19.4. The van der Waals surface area contributed by atoms with Gasteiger partial charge in [-0.2, -0.15) is 0 Å². The van der Waals surface area contributed by atoms with Gasteiger partial charge in [0.05, 0.1) is 0 Å². The average molecular weight is 368 g/mol. The maximum absolute atomic E-state index is 12.5. The molecule has 1 aliphatic heterocycles. The molecule has 0 bridgehead atoms. The summed E-state index contributed by atoms with van der Waals surface area (Å²) in [6, 6.07) is 13.6. The zero-order valence-corrected chi connectivity index (χ0v) is 16.4. The van der Waals surface area contributed by atoms with E-state index in [9.17, 15) is 9.59 Å². The topological polar surface area (TPSA) is 51.5 Å². The van der Waals surface area contributed by atoms with Crippen LogP contribution in [-0.2, 0) is 11.3 Å². The van der Waals surface area contributed by atoms with E-state index in [0.29, 0.717) is 25.6 Å². The fourth-order valence-corrected chi connectivity index (χ4v) is 3.37. The first kappa shape index (κ1) is 19.2. The number of carbonyl (C=O) groups is 1. The lowest BCUT2D eigenvalue weighted by Crippen LogP contribution is -2.42. The molecule has 27 heavy (non-hydrogen) atoms. The van der Waals surface area contributed by atoms with Crippen LogP contribution in [-0.4, -0.2) is 34.3 Å². The largest absolute Gasteiger partial charge is 0.444 e. The standard InChI is InChI=1S/C22H28N2O3/c1-22(2,3)27-21(26)23-12-9-17(10-13-23)16-24-14-11-19(15-20(24)25)18-7-5-4-6-8-18/h4-8,11,14-15,17H,9-10,12-13,16H2,1-3H3. The predicted octanol–water partition coefficient (Wildman–Crippen LogP) is 4.16. The summed E-state index contributed by atoms with van der Waals surface area (Å²) in [5.74, 6) is 0.393. The number of benzene rings is 1. The van der Waals surface area contributed by atoms with E-state index in [2.05, 4.69) is 0 Å². The number of pyridine rings is 1. The highest BCUT2D eigenvalue weighted by molar-refractivity contribution is 5.68. The molecular weight excluding hydrogens is 340 g/mol. The Hall–Kier alpha value is -2.56. The molecule has 1 aromatic carbocycles. The Balaban J connectivity index is 1.58. The maximum Gasteiger partial charge on any atom is 0.410 e. The van der Waals surface area contributed by atoms with Gasteiger partial charge in [0, 0.05) is 31.9 Å². The van der Waals surface area contributed by atoms with Crippen molar-refractivity contribution < 1.29 is 9.53 Å². The Morgan fingerprint density at radius 1 is 1.07 bits per heavy atom. The van der Waals surface area contributed by atoms with Crippen LogP contribution in [0.2, 0.25) is 0 Å². The van der Waals surface area contributed by atoms with Crippen molar-refractivity contribution in [2.24, 2.45) is 5.92 Å². The third-order valence-corrected chi connectivity index (χ3v) is 4.82. The van der Waals surface area contributed by atoms with Crippen LogP contribution in [0.15, 0.2) is 53.5 Å². The van der Waals surface area contributed by atoms with Crippen molar-refractivity contribution in [3.63, 3.8) is 0 Å². The fraction of sp³-hybridized carbons (Fsp3) is 0.455. The van der Waals surface area contributed by atoms with E-state index in [1.807, 2.05) is 63.4 Å². The number of piperidine rings is 1. The highest BCUT2D eigenvalue weighted by Gasteiger charge is 2.27. The van der Waals surface area contributed by atoms with E-state index in [1.54, 1.807) is 15.5 Å². The molecule has 0 aliphatic carbocycles. The number of nitrogens with zero attached hydrogens (tertiary/aromatic N) is 2. The average Bonchev–Trinajstić information content (AvgIpc) is 2.63. The van der Waals surface area contributed by atoms with Gasteiger partial charge >= 0.3 is 6.09 Å². The van der Waals surface area contributed by atoms with Gasteiger partial charge < -0.3 is 14.2 Å². The molecule has 0 saturated carbocycles. The van der Waals surface area contributed by atoms with E-state index in [0.717, 1.165) is 24.0 Å². The number of amides is 1. The minimum atomic E-state index is -0.470. The molecule has 2 aromatic rings. The predicted molar refractivity (Wildman–Crippen MR) is 107 cm³/mol. The summed E-state index contributed by atoms with van der Waals surface area (Å²) in [5.41, 5.74) is 1.54. The number of carbonyl (C=O) groups excluding carboxylic acids is 1. The van der Waals surface area contributed by atoms with Gasteiger partial charge in [-0.3, -0.25) is 4.79 Å². The Morgan fingerprint density at radius 3 is 2.33 bits per heavy atom.